The molecule has 2 atom stereocenters. The van der Waals surface area contributed by atoms with E-state index in [0.29, 0.717) is 22.8 Å². The fourth-order valence-electron chi connectivity index (χ4n) is 2.84. The summed E-state index contributed by atoms with van der Waals surface area (Å²) >= 11 is 6.00. The van der Waals surface area contributed by atoms with Gasteiger partial charge in [-0.1, -0.05) is 25.4 Å². The lowest BCUT2D eigenvalue weighted by Crippen LogP contribution is -2.39. The minimum Gasteiger partial charge on any atom is -0.333 e. The first-order valence-corrected chi connectivity index (χ1v) is 7.43. The molecule has 0 bridgehead atoms. The molecule has 104 valence electrons. The zero-order valence-electron chi connectivity index (χ0n) is 11.8. The van der Waals surface area contributed by atoms with Gasteiger partial charge in [0, 0.05) is 23.3 Å². The predicted octanol–water partition coefficient (Wildman–Crippen LogP) is 3.70. The van der Waals surface area contributed by atoms with E-state index in [9.17, 15) is 4.79 Å². The summed E-state index contributed by atoms with van der Waals surface area (Å²) in [4.78, 5) is 18.9. The average molecular weight is 281 g/mol. The van der Waals surface area contributed by atoms with Crippen LogP contribution in [0.1, 0.15) is 56.1 Å². The number of hydrogen-bond acceptors (Lipinski definition) is 2. The van der Waals surface area contributed by atoms with Crippen molar-refractivity contribution >= 4 is 17.5 Å². The maximum absolute atomic E-state index is 12.7. The number of halogens is 1. The molecule has 1 aromatic heterocycles. The molecule has 3 nitrogen and oxygen atoms in total. The summed E-state index contributed by atoms with van der Waals surface area (Å²) in [5, 5.41) is 0.405. The van der Waals surface area contributed by atoms with Gasteiger partial charge in [0.25, 0.3) is 5.91 Å². The minimum atomic E-state index is 0.0934. The summed E-state index contributed by atoms with van der Waals surface area (Å²) in [7, 11) is 0. The largest absolute Gasteiger partial charge is 0.333 e. The Hall–Kier alpha value is -1.09. The molecule has 1 aromatic rings. The molecule has 0 radical (unpaired) electrons. The molecule has 1 aliphatic heterocycles. The van der Waals surface area contributed by atoms with Gasteiger partial charge in [0.05, 0.1) is 0 Å². The third-order valence-electron chi connectivity index (χ3n) is 3.95. The number of amides is 1. The monoisotopic (exact) mass is 280 g/mol. The van der Waals surface area contributed by atoms with Crippen molar-refractivity contribution in [3.05, 3.63) is 28.5 Å². The highest BCUT2D eigenvalue weighted by Gasteiger charge is 2.33. The second-order valence-corrected chi connectivity index (χ2v) is 5.61. The van der Waals surface area contributed by atoms with Gasteiger partial charge in [-0.25, -0.2) is 4.98 Å². The van der Waals surface area contributed by atoms with Crippen LogP contribution in [-0.2, 0) is 6.42 Å². The number of hydrogen-bond donors (Lipinski definition) is 0. The Bertz CT molecular complexity index is 475. The first-order valence-electron chi connectivity index (χ1n) is 7.05. The molecular formula is C15H21ClN2O. The van der Waals surface area contributed by atoms with Crippen LogP contribution in [0.25, 0.3) is 0 Å². The Morgan fingerprint density at radius 3 is 2.79 bits per heavy atom. The zero-order valence-corrected chi connectivity index (χ0v) is 12.6. The molecule has 2 heterocycles. The Labute approximate surface area is 120 Å². The second kappa shape index (κ2) is 5.91. The molecule has 1 amide bonds. The Morgan fingerprint density at radius 1 is 1.42 bits per heavy atom. The summed E-state index contributed by atoms with van der Waals surface area (Å²) < 4.78 is 0. The quantitative estimate of drug-likeness (QED) is 0.791. The fraction of sp³-hybridized carbons (Fsp3) is 0.600. The van der Waals surface area contributed by atoms with E-state index >= 15 is 0 Å². The molecule has 1 fully saturated rings. The molecule has 0 aromatic carbocycles. The van der Waals surface area contributed by atoms with E-state index in [-0.39, 0.29) is 5.91 Å². The predicted molar refractivity (Wildman–Crippen MR) is 77.6 cm³/mol. The van der Waals surface area contributed by atoms with Gasteiger partial charge in [0.2, 0.25) is 0 Å². The van der Waals surface area contributed by atoms with Crippen LogP contribution >= 0.6 is 11.6 Å². The molecule has 0 aliphatic carbocycles. The van der Waals surface area contributed by atoms with Crippen LogP contribution in [0, 0.1) is 0 Å². The van der Waals surface area contributed by atoms with Crippen LogP contribution < -0.4 is 0 Å². The van der Waals surface area contributed by atoms with Gasteiger partial charge in [-0.3, -0.25) is 4.79 Å². The number of aromatic nitrogens is 1. The van der Waals surface area contributed by atoms with Crippen LogP contribution in [0.5, 0.6) is 0 Å². The van der Waals surface area contributed by atoms with E-state index in [1.54, 1.807) is 6.07 Å². The number of rotatable bonds is 3. The van der Waals surface area contributed by atoms with Crippen molar-refractivity contribution in [3.8, 4) is 0 Å². The zero-order chi connectivity index (χ0) is 14.0. The third-order valence-corrected chi connectivity index (χ3v) is 4.14. The van der Waals surface area contributed by atoms with Gasteiger partial charge in [-0.15, -0.1) is 0 Å². The van der Waals surface area contributed by atoms with Crippen molar-refractivity contribution in [1.82, 2.24) is 9.88 Å². The van der Waals surface area contributed by atoms with Crippen LogP contribution in [0.3, 0.4) is 0 Å². The maximum atomic E-state index is 12.7. The molecule has 19 heavy (non-hydrogen) atoms. The lowest BCUT2D eigenvalue weighted by atomic mass is 10.1. The number of carbonyl (C=O) groups excluding carboxylic acids is 1. The van der Waals surface area contributed by atoms with E-state index in [1.807, 2.05) is 17.9 Å². The highest BCUT2D eigenvalue weighted by atomic mass is 35.5. The molecule has 0 N–H and O–H groups in total. The van der Waals surface area contributed by atoms with Gasteiger partial charge in [0.15, 0.2) is 0 Å². The Balaban J connectivity index is 2.30. The van der Waals surface area contributed by atoms with Crippen molar-refractivity contribution in [2.75, 3.05) is 0 Å². The number of pyridine rings is 1. The van der Waals surface area contributed by atoms with Crippen molar-refractivity contribution in [3.63, 3.8) is 0 Å². The van der Waals surface area contributed by atoms with Crippen LogP contribution in [0.4, 0.5) is 0 Å². The fourth-order valence-corrected chi connectivity index (χ4v) is 3.07. The second-order valence-electron chi connectivity index (χ2n) is 5.22. The van der Waals surface area contributed by atoms with E-state index in [1.165, 1.54) is 0 Å². The molecule has 1 aliphatic rings. The van der Waals surface area contributed by atoms with Gasteiger partial charge in [-0.05, 0) is 44.7 Å². The molecule has 0 spiro atoms. The number of aryl methyl sites for hydroxylation is 1. The lowest BCUT2D eigenvalue weighted by Gasteiger charge is -2.28. The highest BCUT2D eigenvalue weighted by molar-refractivity contribution is 6.29. The van der Waals surface area contributed by atoms with Gasteiger partial charge >= 0.3 is 0 Å². The summed E-state index contributed by atoms with van der Waals surface area (Å²) in [5.74, 6) is 0.0934. The van der Waals surface area contributed by atoms with Crippen molar-refractivity contribution in [2.45, 2.75) is 58.5 Å². The van der Waals surface area contributed by atoms with E-state index in [4.69, 9.17) is 11.6 Å². The van der Waals surface area contributed by atoms with Crippen LogP contribution in [0.2, 0.25) is 5.15 Å². The Kier molecular flexibility index (Phi) is 4.46. The minimum absolute atomic E-state index is 0.0934. The smallest absolute Gasteiger partial charge is 0.254 e. The van der Waals surface area contributed by atoms with Gasteiger partial charge < -0.3 is 4.90 Å². The highest BCUT2D eigenvalue weighted by Crippen LogP contribution is 2.28. The lowest BCUT2D eigenvalue weighted by molar-refractivity contribution is 0.0676. The van der Waals surface area contributed by atoms with Gasteiger partial charge in [0.1, 0.15) is 5.15 Å². The third kappa shape index (κ3) is 2.92. The van der Waals surface area contributed by atoms with Crippen LogP contribution in [-0.4, -0.2) is 27.9 Å². The first kappa shape index (κ1) is 14.3. The summed E-state index contributed by atoms with van der Waals surface area (Å²) in [5.41, 5.74) is 1.54. The normalized spacial score (nSPS) is 22.8. The van der Waals surface area contributed by atoms with Crippen molar-refractivity contribution in [1.29, 1.82) is 0 Å². The molecule has 0 saturated carbocycles. The van der Waals surface area contributed by atoms with E-state index in [2.05, 4.69) is 18.8 Å². The van der Waals surface area contributed by atoms with Crippen molar-refractivity contribution < 1.29 is 4.79 Å². The molecule has 1 saturated heterocycles. The first-order chi connectivity index (χ1) is 9.06. The van der Waals surface area contributed by atoms with Gasteiger partial charge in [-0.2, -0.15) is 0 Å². The number of carbonyl (C=O) groups is 1. The molecule has 4 heteroatoms. The number of nitrogens with zero attached hydrogens (tertiary/aromatic N) is 2. The van der Waals surface area contributed by atoms with Crippen molar-refractivity contribution in [2.24, 2.45) is 0 Å². The van der Waals surface area contributed by atoms with Crippen LogP contribution in [0.15, 0.2) is 12.1 Å². The standard InChI is InChI=1S/C15H21ClN2O/c1-4-12-8-11(9-14(16)17-12)15(19)18-10(3)6-7-13(18)5-2/h8-10,13H,4-7H2,1-3H3. The molecule has 2 unspecified atom stereocenters. The molecule has 2 rings (SSSR count). The summed E-state index contributed by atoms with van der Waals surface area (Å²) in [6, 6.07) is 4.22. The summed E-state index contributed by atoms with van der Waals surface area (Å²) in [6.07, 6.45) is 3.98. The SMILES string of the molecule is CCc1cc(C(=O)N2C(C)CCC2CC)cc(Cl)n1. The summed E-state index contributed by atoms with van der Waals surface area (Å²) in [6.45, 7) is 6.28. The maximum Gasteiger partial charge on any atom is 0.254 e. The topological polar surface area (TPSA) is 33.2 Å². The molecular weight excluding hydrogens is 260 g/mol. The van der Waals surface area contributed by atoms with E-state index < -0.39 is 0 Å². The number of likely N-dealkylation sites (tertiary alicyclic amines) is 1. The Morgan fingerprint density at radius 2 is 2.16 bits per heavy atom. The van der Waals surface area contributed by atoms with E-state index in [0.717, 1.165) is 31.4 Å². The average Bonchev–Trinajstić information content (AvgIpc) is 2.78.